The van der Waals surface area contributed by atoms with Gasteiger partial charge in [0.15, 0.2) is 11.5 Å². The number of benzene rings is 4. The first kappa shape index (κ1) is 28.2. The van der Waals surface area contributed by atoms with Gasteiger partial charge in [0.1, 0.15) is 6.61 Å². The van der Waals surface area contributed by atoms with Gasteiger partial charge in [-0.25, -0.2) is 8.42 Å². The number of halogens is 1. The summed E-state index contributed by atoms with van der Waals surface area (Å²) in [5.41, 5.74) is 4.81. The van der Waals surface area contributed by atoms with Crippen LogP contribution in [0.5, 0.6) is 17.2 Å². The van der Waals surface area contributed by atoms with Gasteiger partial charge in [-0.2, -0.15) is 4.31 Å². The fourth-order valence-corrected chi connectivity index (χ4v) is 7.26. The van der Waals surface area contributed by atoms with Crippen molar-refractivity contribution in [3.05, 3.63) is 117 Å². The van der Waals surface area contributed by atoms with Gasteiger partial charge in [0, 0.05) is 16.6 Å². The summed E-state index contributed by atoms with van der Waals surface area (Å²) < 4.78 is 48.7. The van der Waals surface area contributed by atoms with E-state index < -0.39 is 16.1 Å². The standard InChI is InChI=1S/C32H32BrNO5S/c1-22-13-15-25(16-14-22)40(35,36)34-18-17-26-27(29(34)19-24-11-7-8-12-28(24)33)20-30(37-2)32(38-3)31(26)39-21-23-9-5-4-6-10-23/h4-16,20,29H,17-19,21H2,1-3H3/t29-/m1/s1. The minimum atomic E-state index is -3.80. The summed E-state index contributed by atoms with van der Waals surface area (Å²) in [6.45, 7) is 2.59. The Balaban J connectivity index is 1.65. The monoisotopic (exact) mass is 621 g/mol. The molecule has 1 heterocycles. The van der Waals surface area contributed by atoms with Crippen LogP contribution in [0.15, 0.2) is 94.3 Å². The molecule has 1 aliphatic rings. The number of fused-ring (bicyclic) bond motifs is 1. The number of nitrogens with zero attached hydrogens (tertiary/aromatic N) is 1. The normalized spacial score (nSPS) is 15.3. The van der Waals surface area contributed by atoms with Gasteiger partial charge in [0.2, 0.25) is 15.8 Å². The van der Waals surface area contributed by atoms with Gasteiger partial charge < -0.3 is 14.2 Å². The van der Waals surface area contributed by atoms with Gasteiger partial charge in [-0.3, -0.25) is 0 Å². The second-order valence-electron chi connectivity index (χ2n) is 9.77. The molecule has 0 aromatic heterocycles. The maximum Gasteiger partial charge on any atom is 0.243 e. The van der Waals surface area contributed by atoms with Gasteiger partial charge >= 0.3 is 0 Å². The summed E-state index contributed by atoms with van der Waals surface area (Å²) in [4.78, 5) is 0.278. The van der Waals surface area contributed by atoms with E-state index in [1.54, 1.807) is 30.7 Å². The van der Waals surface area contributed by atoms with Crippen molar-refractivity contribution in [2.45, 2.75) is 37.3 Å². The maximum atomic E-state index is 14.1. The van der Waals surface area contributed by atoms with Crippen molar-refractivity contribution in [2.24, 2.45) is 0 Å². The molecule has 0 unspecified atom stereocenters. The van der Waals surface area contributed by atoms with Crippen LogP contribution in [0.25, 0.3) is 0 Å². The van der Waals surface area contributed by atoms with E-state index in [0.29, 0.717) is 43.2 Å². The topological polar surface area (TPSA) is 65.1 Å². The third-order valence-electron chi connectivity index (χ3n) is 7.28. The minimum Gasteiger partial charge on any atom is -0.493 e. The number of sulfonamides is 1. The molecule has 0 aliphatic carbocycles. The van der Waals surface area contributed by atoms with Crippen molar-refractivity contribution in [1.82, 2.24) is 4.31 Å². The highest BCUT2D eigenvalue weighted by Gasteiger charge is 2.39. The van der Waals surface area contributed by atoms with Crippen LogP contribution < -0.4 is 14.2 Å². The molecule has 208 valence electrons. The summed E-state index contributed by atoms with van der Waals surface area (Å²) in [6, 6.07) is 26.3. The van der Waals surface area contributed by atoms with Gasteiger partial charge in [-0.05, 0) is 60.7 Å². The van der Waals surface area contributed by atoms with Crippen LogP contribution in [0.2, 0.25) is 0 Å². The minimum absolute atomic E-state index is 0.278. The summed E-state index contributed by atoms with van der Waals surface area (Å²) in [7, 11) is -0.628. The first-order valence-corrected chi connectivity index (χ1v) is 15.3. The predicted octanol–water partition coefficient (Wildman–Crippen LogP) is 6.88. The van der Waals surface area contributed by atoms with E-state index in [1.165, 1.54) is 0 Å². The van der Waals surface area contributed by atoms with Crippen LogP contribution in [0.1, 0.15) is 33.9 Å². The molecule has 0 radical (unpaired) electrons. The van der Waals surface area contributed by atoms with Crippen molar-refractivity contribution in [2.75, 3.05) is 20.8 Å². The molecule has 0 saturated heterocycles. The van der Waals surface area contributed by atoms with Crippen LogP contribution in [0.3, 0.4) is 0 Å². The molecule has 0 amide bonds. The number of ether oxygens (including phenoxy) is 3. The number of aryl methyl sites for hydroxylation is 1. The maximum absolute atomic E-state index is 14.1. The molecule has 5 rings (SSSR count). The molecule has 4 aromatic rings. The average molecular weight is 623 g/mol. The van der Waals surface area contributed by atoms with E-state index in [4.69, 9.17) is 14.2 Å². The lowest BCUT2D eigenvalue weighted by Crippen LogP contribution is -2.41. The molecular formula is C32H32BrNO5S. The summed E-state index contributed by atoms with van der Waals surface area (Å²) in [5, 5.41) is 0. The van der Waals surface area contributed by atoms with Crippen molar-refractivity contribution in [3.8, 4) is 17.2 Å². The fourth-order valence-electron chi connectivity index (χ4n) is 5.21. The van der Waals surface area contributed by atoms with Gasteiger partial charge in [0.25, 0.3) is 0 Å². The Morgan fingerprint density at radius 3 is 2.27 bits per heavy atom. The Morgan fingerprint density at radius 2 is 1.60 bits per heavy atom. The Kier molecular flexibility index (Phi) is 8.49. The van der Waals surface area contributed by atoms with Crippen molar-refractivity contribution >= 4 is 26.0 Å². The summed E-state index contributed by atoms with van der Waals surface area (Å²) in [5.74, 6) is 1.59. The van der Waals surface area contributed by atoms with E-state index in [-0.39, 0.29) is 4.90 Å². The number of rotatable bonds is 9. The van der Waals surface area contributed by atoms with Crippen LogP contribution in [-0.4, -0.2) is 33.5 Å². The molecule has 1 aliphatic heterocycles. The van der Waals surface area contributed by atoms with Gasteiger partial charge in [-0.1, -0.05) is 82.2 Å². The smallest absolute Gasteiger partial charge is 0.243 e. The number of hydrogen-bond acceptors (Lipinski definition) is 5. The van der Waals surface area contributed by atoms with Gasteiger partial charge in [0.05, 0.1) is 25.2 Å². The highest BCUT2D eigenvalue weighted by atomic mass is 79.9. The second kappa shape index (κ2) is 12.0. The van der Waals surface area contributed by atoms with E-state index >= 15 is 0 Å². The van der Waals surface area contributed by atoms with Crippen LogP contribution >= 0.6 is 15.9 Å². The Morgan fingerprint density at radius 1 is 0.900 bits per heavy atom. The van der Waals surface area contributed by atoms with E-state index in [1.807, 2.05) is 79.7 Å². The first-order chi connectivity index (χ1) is 19.3. The highest BCUT2D eigenvalue weighted by Crippen LogP contribution is 2.49. The quantitative estimate of drug-likeness (QED) is 0.204. The fraction of sp³-hybridized carbons (Fsp3) is 0.250. The largest absolute Gasteiger partial charge is 0.493 e. The summed E-state index contributed by atoms with van der Waals surface area (Å²) >= 11 is 3.67. The Bertz CT molecular complexity index is 1590. The molecule has 40 heavy (non-hydrogen) atoms. The molecule has 4 aromatic carbocycles. The number of methoxy groups -OCH3 is 2. The highest BCUT2D eigenvalue weighted by molar-refractivity contribution is 9.10. The lowest BCUT2D eigenvalue weighted by atomic mass is 9.89. The molecular weight excluding hydrogens is 590 g/mol. The molecule has 6 nitrogen and oxygen atoms in total. The Hall–Kier alpha value is -3.33. The average Bonchev–Trinajstić information content (AvgIpc) is 2.97. The van der Waals surface area contributed by atoms with Crippen LogP contribution in [0, 0.1) is 6.92 Å². The molecule has 0 N–H and O–H groups in total. The zero-order chi connectivity index (χ0) is 28.3. The van der Waals surface area contributed by atoms with Crippen molar-refractivity contribution in [1.29, 1.82) is 0 Å². The molecule has 1 atom stereocenters. The third-order valence-corrected chi connectivity index (χ3v) is 9.97. The SMILES string of the molecule is COc1cc2c(c(OCc3ccccc3)c1OC)CCN(S(=O)(=O)c1ccc(C)cc1)[C@@H]2Cc1ccccc1Br. The molecule has 0 bridgehead atoms. The van der Waals surface area contributed by atoms with Crippen molar-refractivity contribution in [3.63, 3.8) is 0 Å². The lowest BCUT2D eigenvalue weighted by molar-refractivity contribution is 0.258. The van der Waals surface area contributed by atoms with E-state index in [9.17, 15) is 8.42 Å². The number of hydrogen-bond donors (Lipinski definition) is 0. The Labute approximate surface area is 244 Å². The first-order valence-electron chi connectivity index (χ1n) is 13.1. The zero-order valence-corrected chi connectivity index (χ0v) is 25.2. The third kappa shape index (κ3) is 5.61. The predicted molar refractivity (Wildman–Crippen MR) is 160 cm³/mol. The van der Waals surface area contributed by atoms with E-state index in [2.05, 4.69) is 15.9 Å². The van der Waals surface area contributed by atoms with Crippen LogP contribution in [-0.2, 0) is 29.5 Å². The van der Waals surface area contributed by atoms with Crippen molar-refractivity contribution < 1.29 is 22.6 Å². The van der Waals surface area contributed by atoms with Gasteiger partial charge in [-0.15, -0.1) is 0 Å². The van der Waals surface area contributed by atoms with Crippen LogP contribution in [0.4, 0.5) is 0 Å². The molecule has 0 spiro atoms. The molecule has 8 heteroatoms. The molecule has 0 saturated carbocycles. The summed E-state index contributed by atoms with van der Waals surface area (Å²) in [6.07, 6.45) is 0.935. The second-order valence-corrected chi connectivity index (χ2v) is 12.5. The molecule has 0 fully saturated rings. The lowest BCUT2D eigenvalue weighted by Gasteiger charge is -2.38. The zero-order valence-electron chi connectivity index (χ0n) is 22.8. The van der Waals surface area contributed by atoms with E-state index in [0.717, 1.165) is 32.3 Å².